The van der Waals surface area contributed by atoms with E-state index in [1.54, 1.807) is 6.26 Å². The van der Waals surface area contributed by atoms with E-state index in [-0.39, 0.29) is 0 Å². The molecule has 0 bridgehead atoms. The van der Waals surface area contributed by atoms with Gasteiger partial charge in [-0.05, 0) is 43.2 Å². The molecule has 3 aromatic rings. The molecule has 0 unspecified atom stereocenters. The lowest BCUT2D eigenvalue weighted by atomic mass is 10.2. The van der Waals surface area contributed by atoms with Crippen molar-refractivity contribution in [1.29, 1.82) is 0 Å². The fourth-order valence-corrected chi connectivity index (χ4v) is 2.40. The van der Waals surface area contributed by atoms with Crippen LogP contribution in [-0.4, -0.2) is 9.55 Å². The summed E-state index contributed by atoms with van der Waals surface area (Å²) in [6.45, 7) is 5.53. The largest absolute Gasteiger partial charge is 0.461 e. The Kier molecular flexibility index (Phi) is 2.87. The Labute approximate surface area is 111 Å². The standard InChI is InChI=1S/C15H17N3O/c1-3-18-13-5-4-11(9-16)8-12(13)17-15(18)14-10(2)6-7-19-14/h4-8H,3,9,16H2,1-2H3. The van der Waals surface area contributed by atoms with Crippen molar-refractivity contribution in [3.63, 3.8) is 0 Å². The monoisotopic (exact) mass is 255 g/mol. The molecule has 0 saturated heterocycles. The second kappa shape index (κ2) is 4.55. The molecule has 2 aromatic heterocycles. The molecule has 4 heteroatoms. The number of benzene rings is 1. The Hall–Kier alpha value is -2.07. The van der Waals surface area contributed by atoms with Crippen LogP contribution < -0.4 is 5.73 Å². The molecular weight excluding hydrogens is 238 g/mol. The van der Waals surface area contributed by atoms with Crippen molar-refractivity contribution in [2.45, 2.75) is 26.9 Å². The Morgan fingerprint density at radius 3 is 2.79 bits per heavy atom. The minimum Gasteiger partial charge on any atom is -0.461 e. The molecule has 1 aromatic carbocycles. The summed E-state index contributed by atoms with van der Waals surface area (Å²) in [7, 11) is 0. The summed E-state index contributed by atoms with van der Waals surface area (Å²) in [5.74, 6) is 1.72. The number of hydrogen-bond acceptors (Lipinski definition) is 3. The molecule has 0 radical (unpaired) electrons. The first-order chi connectivity index (χ1) is 9.24. The lowest BCUT2D eigenvalue weighted by molar-refractivity contribution is 0.570. The topological polar surface area (TPSA) is 57.0 Å². The molecule has 0 saturated carbocycles. The molecule has 3 rings (SSSR count). The summed E-state index contributed by atoms with van der Waals surface area (Å²) in [5, 5.41) is 0. The summed E-state index contributed by atoms with van der Waals surface area (Å²) >= 11 is 0. The highest BCUT2D eigenvalue weighted by Gasteiger charge is 2.15. The first-order valence-electron chi connectivity index (χ1n) is 6.48. The Morgan fingerprint density at radius 2 is 2.16 bits per heavy atom. The van der Waals surface area contributed by atoms with Crippen LogP contribution in [-0.2, 0) is 13.1 Å². The molecular formula is C15H17N3O. The predicted octanol–water partition coefficient (Wildman–Crippen LogP) is 3.08. The van der Waals surface area contributed by atoms with Crippen LogP contribution >= 0.6 is 0 Å². The molecule has 0 aliphatic carbocycles. The Balaban J connectivity index is 2.27. The summed E-state index contributed by atoms with van der Waals surface area (Å²) in [6.07, 6.45) is 1.70. The van der Waals surface area contributed by atoms with Crippen molar-refractivity contribution in [3.05, 3.63) is 41.7 Å². The van der Waals surface area contributed by atoms with E-state index in [1.165, 1.54) is 0 Å². The fraction of sp³-hybridized carbons (Fsp3) is 0.267. The number of nitrogens with two attached hydrogens (primary N) is 1. The van der Waals surface area contributed by atoms with Crippen molar-refractivity contribution in [1.82, 2.24) is 9.55 Å². The summed E-state index contributed by atoms with van der Waals surface area (Å²) in [4.78, 5) is 4.71. The van der Waals surface area contributed by atoms with Gasteiger partial charge < -0.3 is 14.7 Å². The Morgan fingerprint density at radius 1 is 1.32 bits per heavy atom. The van der Waals surface area contributed by atoms with E-state index in [4.69, 9.17) is 15.1 Å². The maximum atomic E-state index is 5.68. The Bertz CT molecular complexity index is 724. The second-order valence-corrected chi connectivity index (χ2v) is 4.64. The minimum absolute atomic E-state index is 0.532. The highest BCUT2D eigenvalue weighted by molar-refractivity contribution is 5.81. The van der Waals surface area contributed by atoms with E-state index in [0.717, 1.165) is 40.3 Å². The quantitative estimate of drug-likeness (QED) is 0.782. The van der Waals surface area contributed by atoms with Gasteiger partial charge in [0.2, 0.25) is 0 Å². The van der Waals surface area contributed by atoms with Gasteiger partial charge in [-0.25, -0.2) is 4.98 Å². The van der Waals surface area contributed by atoms with Gasteiger partial charge in [-0.15, -0.1) is 0 Å². The van der Waals surface area contributed by atoms with Gasteiger partial charge in [0.1, 0.15) is 0 Å². The zero-order valence-corrected chi connectivity index (χ0v) is 11.2. The van der Waals surface area contributed by atoms with Crippen molar-refractivity contribution in [2.75, 3.05) is 0 Å². The maximum Gasteiger partial charge on any atom is 0.177 e. The first kappa shape index (κ1) is 12.0. The molecule has 0 aliphatic heterocycles. The molecule has 19 heavy (non-hydrogen) atoms. The number of hydrogen-bond donors (Lipinski definition) is 1. The van der Waals surface area contributed by atoms with Crippen LogP contribution in [0, 0.1) is 6.92 Å². The lowest BCUT2D eigenvalue weighted by Gasteiger charge is -2.04. The highest BCUT2D eigenvalue weighted by Crippen LogP contribution is 2.28. The molecule has 0 fully saturated rings. The number of aromatic nitrogens is 2. The molecule has 0 spiro atoms. The molecule has 4 nitrogen and oxygen atoms in total. The van der Waals surface area contributed by atoms with Gasteiger partial charge in [-0.3, -0.25) is 0 Å². The van der Waals surface area contributed by atoms with E-state index < -0.39 is 0 Å². The van der Waals surface area contributed by atoms with Crippen molar-refractivity contribution >= 4 is 11.0 Å². The number of nitrogens with zero attached hydrogens (tertiary/aromatic N) is 2. The number of aryl methyl sites for hydroxylation is 2. The van der Waals surface area contributed by atoms with Gasteiger partial charge in [0.05, 0.1) is 17.3 Å². The molecule has 2 N–H and O–H groups in total. The number of rotatable bonds is 3. The van der Waals surface area contributed by atoms with Crippen LogP contribution in [0.1, 0.15) is 18.1 Å². The van der Waals surface area contributed by atoms with Crippen molar-refractivity contribution in [3.8, 4) is 11.6 Å². The minimum atomic E-state index is 0.532. The predicted molar refractivity (Wildman–Crippen MR) is 75.7 cm³/mol. The average molecular weight is 255 g/mol. The van der Waals surface area contributed by atoms with Gasteiger partial charge in [0, 0.05) is 13.1 Å². The first-order valence-corrected chi connectivity index (χ1v) is 6.48. The second-order valence-electron chi connectivity index (χ2n) is 4.64. The smallest absolute Gasteiger partial charge is 0.177 e. The third-order valence-corrected chi connectivity index (χ3v) is 3.43. The van der Waals surface area contributed by atoms with Gasteiger partial charge >= 0.3 is 0 Å². The average Bonchev–Trinajstić information content (AvgIpc) is 3.00. The maximum absolute atomic E-state index is 5.68. The SMILES string of the molecule is CCn1c(-c2occc2C)nc2cc(CN)ccc21. The highest BCUT2D eigenvalue weighted by atomic mass is 16.3. The molecule has 98 valence electrons. The van der Waals surface area contributed by atoms with Gasteiger partial charge in [-0.1, -0.05) is 6.07 Å². The van der Waals surface area contributed by atoms with E-state index >= 15 is 0 Å². The fourth-order valence-electron chi connectivity index (χ4n) is 2.40. The normalized spacial score (nSPS) is 11.3. The van der Waals surface area contributed by atoms with E-state index in [0.29, 0.717) is 6.54 Å². The van der Waals surface area contributed by atoms with Gasteiger partial charge in [0.25, 0.3) is 0 Å². The number of imidazole rings is 1. The lowest BCUT2D eigenvalue weighted by Crippen LogP contribution is -1.98. The molecule has 0 aliphatic rings. The van der Waals surface area contributed by atoms with Crippen LogP contribution in [0.2, 0.25) is 0 Å². The summed E-state index contributed by atoms with van der Waals surface area (Å²) in [6, 6.07) is 8.13. The molecule has 0 amide bonds. The van der Waals surface area contributed by atoms with Gasteiger partial charge in [0.15, 0.2) is 11.6 Å². The zero-order valence-electron chi connectivity index (χ0n) is 11.2. The van der Waals surface area contributed by atoms with Crippen LogP contribution in [0.25, 0.3) is 22.6 Å². The van der Waals surface area contributed by atoms with Crippen molar-refractivity contribution in [2.24, 2.45) is 5.73 Å². The number of furan rings is 1. The molecule has 2 heterocycles. The van der Waals surface area contributed by atoms with Crippen LogP contribution in [0.15, 0.2) is 34.9 Å². The third kappa shape index (κ3) is 1.85. The van der Waals surface area contributed by atoms with Crippen LogP contribution in [0.5, 0.6) is 0 Å². The van der Waals surface area contributed by atoms with E-state index in [9.17, 15) is 0 Å². The van der Waals surface area contributed by atoms with Gasteiger partial charge in [-0.2, -0.15) is 0 Å². The van der Waals surface area contributed by atoms with E-state index in [1.807, 2.05) is 19.1 Å². The van der Waals surface area contributed by atoms with Crippen molar-refractivity contribution < 1.29 is 4.42 Å². The molecule has 0 atom stereocenters. The third-order valence-electron chi connectivity index (χ3n) is 3.43. The van der Waals surface area contributed by atoms with Crippen LogP contribution in [0.4, 0.5) is 0 Å². The summed E-state index contributed by atoms with van der Waals surface area (Å²) in [5.41, 5.74) is 9.96. The van der Waals surface area contributed by atoms with E-state index in [2.05, 4.69) is 23.6 Å². The number of fused-ring (bicyclic) bond motifs is 1. The zero-order chi connectivity index (χ0) is 13.4. The summed E-state index contributed by atoms with van der Waals surface area (Å²) < 4.78 is 7.74. The van der Waals surface area contributed by atoms with Crippen LogP contribution in [0.3, 0.4) is 0 Å².